The summed E-state index contributed by atoms with van der Waals surface area (Å²) in [4.78, 5) is 0. The number of hydrazone groups is 1. The third-order valence-corrected chi connectivity index (χ3v) is 1.75. The zero-order valence-electron chi connectivity index (χ0n) is 9.36. The molecule has 0 spiro atoms. The highest BCUT2D eigenvalue weighted by atomic mass is 15.4. The van der Waals surface area contributed by atoms with Gasteiger partial charge in [0, 0.05) is 13.3 Å². The van der Waals surface area contributed by atoms with Crippen LogP contribution in [0.1, 0.15) is 20.8 Å². The van der Waals surface area contributed by atoms with E-state index < -0.39 is 0 Å². The van der Waals surface area contributed by atoms with Crippen molar-refractivity contribution in [1.29, 1.82) is 0 Å². The van der Waals surface area contributed by atoms with Crippen LogP contribution in [0, 0.1) is 5.41 Å². The highest BCUT2D eigenvalue weighted by Crippen LogP contribution is 2.13. The summed E-state index contributed by atoms with van der Waals surface area (Å²) in [6.07, 6.45) is 1.96. The Morgan fingerprint density at radius 2 is 1.71 bits per heavy atom. The fourth-order valence-corrected chi connectivity index (χ4v) is 0.970. The van der Waals surface area contributed by atoms with Gasteiger partial charge in [-0.1, -0.05) is 39.0 Å². The number of benzene rings is 1. The summed E-state index contributed by atoms with van der Waals surface area (Å²) in [5.74, 6) is 0. The highest BCUT2D eigenvalue weighted by Gasteiger charge is 2.06. The molecular formula is C12H18N2. The molecule has 2 heteroatoms. The third kappa shape index (κ3) is 3.60. The maximum absolute atomic E-state index is 4.37. The third-order valence-electron chi connectivity index (χ3n) is 1.75. The Labute approximate surface area is 86.2 Å². The summed E-state index contributed by atoms with van der Waals surface area (Å²) >= 11 is 0. The molecule has 0 aliphatic carbocycles. The van der Waals surface area contributed by atoms with E-state index in [0.29, 0.717) is 0 Å². The van der Waals surface area contributed by atoms with Gasteiger partial charge in [-0.3, -0.25) is 5.01 Å². The zero-order valence-corrected chi connectivity index (χ0v) is 9.36. The van der Waals surface area contributed by atoms with Crippen LogP contribution in [0.5, 0.6) is 0 Å². The fraction of sp³-hybridized carbons (Fsp3) is 0.417. The van der Waals surface area contributed by atoms with E-state index in [1.807, 2.05) is 48.6 Å². The molecule has 76 valence electrons. The van der Waals surface area contributed by atoms with Crippen molar-refractivity contribution in [2.45, 2.75) is 20.8 Å². The first kappa shape index (κ1) is 10.8. The fourth-order valence-electron chi connectivity index (χ4n) is 0.970. The van der Waals surface area contributed by atoms with Crippen molar-refractivity contribution in [2.24, 2.45) is 10.5 Å². The van der Waals surface area contributed by atoms with E-state index in [1.165, 1.54) is 0 Å². The molecule has 0 saturated carbocycles. The second-order valence-corrected chi connectivity index (χ2v) is 4.47. The molecule has 0 aliphatic rings. The van der Waals surface area contributed by atoms with Gasteiger partial charge in [0.25, 0.3) is 0 Å². The minimum atomic E-state index is 0.128. The first-order chi connectivity index (χ1) is 6.49. The van der Waals surface area contributed by atoms with Gasteiger partial charge in [0.15, 0.2) is 0 Å². The number of hydrogen-bond donors (Lipinski definition) is 0. The molecule has 1 aromatic carbocycles. The van der Waals surface area contributed by atoms with Crippen molar-refractivity contribution in [3.63, 3.8) is 0 Å². The molecule has 0 radical (unpaired) electrons. The molecule has 0 N–H and O–H groups in total. The Bertz CT molecular complexity index is 296. The van der Waals surface area contributed by atoms with Gasteiger partial charge < -0.3 is 0 Å². The van der Waals surface area contributed by atoms with E-state index in [0.717, 1.165) is 5.69 Å². The van der Waals surface area contributed by atoms with Crippen LogP contribution in [0.15, 0.2) is 35.4 Å². The number of nitrogens with zero attached hydrogens (tertiary/aromatic N) is 2. The van der Waals surface area contributed by atoms with E-state index in [9.17, 15) is 0 Å². The Morgan fingerprint density at radius 1 is 1.14 bits per heavy atom. The van der Waals surface area contributed by atoms with Gasteiger partial charge in [0.05, 0.1) is 5.69 Å². The Balaban J connectivity index is 2.69. The van der Waals surface area contributed by atoms with Crippen LogP contribution in [-0.4, -0.2) is 13.3 Å². The highest BCUT2D eigenvalue weighted by molar-refractivity contribution is 5.65. The van der Waals surface area contributed by atoms with Crippen molar-refractivity contribution in [3.05, 3.63) is 30.3 Å². The van der Waals surface area contributed by atoms with Gasteiger partial charge >= 0.3 is 0 Å². The van der Waals surface area contributed by atoms with Crippen molar-refractivity contribution in [2.75, 3.05) is 12.1 Å². The van der Waals surface area contributed by atoms with Crippen LogP contribution in [0.4, 0.5) is 5.69 Å². The molecule has 2 nitrogen and oxygen atoms in total. The predicted octanol–water partition coefficient (Wildman–Crippen LogP) is 3.15. The molecule has 0 aliphatic heterocycles. The lowest BCUT2D eigenvalue weighted by molar-refractivity contribution is 0.603. The lowest BCUT2D eigenvalue weighted by Gasteiger charge is -2.16. The maximum atomic E-state index is 4.37. The Hall–Kier alpha value is -1.31. The molecule has 0 amide bonds. The second-order valence-electron chi connectivity index (χ2n) is 4.47. The number of anilines is 1. The van der Waals surface area contributed by atoms with Crippen molar-refractivity contribution >= 4 is 11.9 Å². The first-order valence-corrected chi connectivity index (χ1v) is 4.83. The molecule has 0 fully saturated rings. The average Bonchev–Trinajstić information content (AvgIpc) is 2.14. The van der Waals surface area contributed by atoms with Crippen molar-refractivity contribution < 1.29 is 0 Å². The molecule has 0 bridgehead atoms. The van der Waals surface area contributed by atoms with Gasteiger partial charge in [0.1, 0.15) is 0 Å². The predicted molar refractivity (Wildman–Crippen MR) is 62.8 cm³/mol. The van der Waals surface area contributed by atoms with Gasteiger partial charge in [-0.15, -0.1) is 0 Å². The number of para-hydroxylation sites is 1. The summed E-state index contributed by atoms with van der Waals surface area (Å²) in [5.41, 5.74) is 1.23. The van der Waals surface area contributed by atoms with Gasteiger partial charge in [-0.05, 0) is 17.5 Å². The van der Waals surface area contributed by atoms with Crippen LogP contribution in [0.3, 0.4) is 0 Å². The van der Waals surface area contributed by atoms with E-state index in [4.69, 9.17) is 0 Å². The molecule has 0 aromatic heterocycles. The summed E-state index contributed by atoms with van der Waals surface area (Å²) in [6.45, 7) is 6.40. The Kier molecular flexibility index (Phi) is 3.28. The normalized spacial score (nSPS) is 12.0. The van der Waals surface area contributed by atoms with Crippen molar-refractivity contribution in [3.8, 4) is 0 Å². The van der Waals surface area contributed by atoms with E-state index in [-0.39, 0.29) is 5.41 Å². The summed E-state index contributed by atoms with van der Waals surface area (Å²) in [6, 6.07) is 10.1. The van der Waals surface area contributed by atoms with Crippen molar-refractivity contribution in [1.82, 2.24) is 0 Å². The topological polar surface area (TPSA) is 15.6 Å². The van der Waals surface area contributed by atoms with Gasteiger partial charge in [-0.2, -0.15) is 5.10 Å². The van der Waals surface area contributed by atoms with Gasteiger partial charge in [-0.25, -0.2) is 0 Å². The smallest absolute Gasteiger partial charge is 0.0590 e. The molecule has 0 atom stereocenters. The largest absolute Gasteiger partial charge is 0.269 e. The number of hydrogen-bond acceptors (Lipinski definition) is 2. The molecule has 14 heavy (non-hydrogen) atoms. The number of rotatable bonds is 2. The van der Waals surface area contributed by atoms with E-state index in [1.54, 1.807) is 0 Å². The monoisotopic (exact) mass is 190 g/mol. The second kappa shape index (κ2) is 4.27. The standard InChI is InChI=1S/C12H18N2/c1-12(2,3)10-13-14(4)11-8-6-5-7-9-11/h5-10H,1-4H3. The van der Waals surface area contributed by atoms with Crippen LogP contribution in [0.25, 0.3) is 0 Å². The SMILES string of the molecule is CN(N=CC(C)(C)C)c1ccccc1. The minimum Gasteiger partial charge on any atom is -0.269 e. The van der Waals surface area contributed by atoms with Crippen LogP contribution in [-0.2, 0) is 0 Å². The Morgan fingerprint density at radius 3 is 2.21 bits per heavy atom. The molecule has 1 rings (SSSR count). The maximum Gasteiger partial charge on any atom is 0.0590 e. The summed E-state index contributed by atoms with van der Waals surface area (Å²) in [5, 5.41) is 6.25. The van der Waals surface area contributed by atoms with Gasteiger partial charge in [0.2, 0.25) is 0 Å². The molecule has 0 heterocycles. The molecule has 0 saturated heterocycles. The molecule has 1 aromatic rings. The minimum absolute atomic E-state index is 0.128. The summed E-state index contributed by atoms with van der Waals surface area (Å²) < 4.78 is 0. The van der Waals surface area contributed by atoms with Crippen LogP contribution in [0.2, 0.25) is 0 Å². The first-order valence-electron chi connectivity index (χ1n) is 4.83. The van der Waals surface area contributed by atoms with Crippen LogP contribution < -0.4 is 5.01 Å². The lowest BCUT2D eigenvalue weighted by atomic mass is 9.99. The van der Waals surface area contributed by atoms with E-state index >= 15 is 0 Å². The van der Waals surface area contributed by atoms with E-state index in [2.05, 4.69) is 25.9 Å². The zero-order chi connectivity index (χ0) is 10.6. The molecular weight excluding hydrogens is 172 g/mol. The molecule has 0 unspecified atom stereocenters. The quantitative estimate of drug-likeness (QED) is 0.516. The van der Waals surface area contributed by atoms with Crippen LogP contribution >= 0.6 is 0 Å². The lowest BCUT2D eigenvalue weighted by Crippen LogP contribution is -2.14. The average molecular weight is 190 g/mol. The summed E-state index contributed by atoms with van der Waals surface area (Å²) in [7, 11) is 1.96.